The molecule has 1 N–H and O–H groups in total. The van der Waals surface area contributed by atoms with Crippen LogP contribution >= 0.6 is 23.1 Å². The summed E-state index contributed by atoms with van der Waals surface area (Å²) in [4.78, 5) is 0. The van der Waals surface area contributed by atoms with E-state index in [-0.39, 0.29) is 0 Å². The molecule has 0 aliphatic carbocycles. The Hall–Kier alpha value is -0.130. The molecular weight excluding hydrogens is 226 g/mol. The van der Waals surface area contributed by atoms with Crippen LogP contribution in [0, 0.1) is 6.92 Å². The third kappa shape index (κ3) is 5.49. The minimum absolute atomic E-state index is 0.564. The van der Waals surface area contributed by atoms with Gasteiger partial charge in [-0.25, -0.2) is 0 Å². The van der Waals surface area contributed by atoms with Crippen molar-refractivity contribution >= 4 is 23.1 Å². The first kappa shape index (κ1) is 12.9. The average Bonchev–Trinajstić information content (AvgIpc) is 2.59. The molecule has 1 atom stereocenters. The van der Waals surface area contributed by atoms with E-state index >= 15 is 0 Å². The van der Waals surface area contributed by atoms with Gasteiger partial charge in [-0.05, 0) is 19.9 Å². The molecule has 0 aliphatic rings. The van der Waals surface area contributed by atoms with Gasteiger partial charge in [0.1, 0.15) is 5.01 Å². The number of nitrogens with one attached hydrogen (secondary N) is 1. The molecular formula is C10H19N3S2. The summed E-state index contributed by atoms with van der Waals surface area (Å²) in [6, 6.07) is 0. The average molecular weight is 245 g/mol. The van der Waals surface area contributed by atoms with Gasteiger partial charge in [0.25, 0.3) is 0 Å². The van der Waals surface area contributed by atoms with Crippen molar-refractivity contribution in [3.8, 4) is 0 Å². The highest BCUT2D eigenvalue weighted by Crippen LogP contribution is 2.25. The van der Waals surface area contributed by atoms with Gasteiger partial charge >= 0.3 is 0 Å². The summed E-state index contributed by atoms with van der Waals surface area (Å²) < 4.78 is 1.08. The fourth-order valence-electron chi connectivity index (χ4n) is 1.15. The molecule has 3 nitrogen and oxygen atoms in total. The summed E-state index contributed by atoms with van der Waals surface area (Å²) in [5, 5.41) is 13.2. The lowest BCUT2D eigenvalue weighted by Gasteiger charge is -2.09. The molecule has 86 valence electrons. The summed E-state index contributed by atoms with van der Waals surface area (Å²) >= 11 is 3.48. The van der Waals surface area contributed by atoms with Gasteiger partial charge in [-0.3, -0.25) is 0 Å². The van der Waals surface area contributed by atoms with E-state index in [0.29, 0.717) is 5.25 Å². The van der Waals surface area contributed by atoms with E-state index in [4.69, 9.17) is 0 Å². The predicted molar refractivity (Wildman–Crippen MR) is 67.7 cm³/mol. The molecule has 1 heterocycles. The highest BCUT2D eigenvalue weighted by atomic mass is 32.2. The molecule has 15 heavy (non-hydrogen) atoms. The monoisotopic (exact) mass is 245 g/mol. The fraction of sp³-hybridized carbons (Fsp3) is 0.800. The normalized spacial score (nSPS) is 13.0. The van der Waals surface area contributed by atoms with Gasteiger partial charge in [-0.2, -0.15) is 0 Å². The molecule has 0 bridgehead atoms. The quantitative estimate of drug-likeness (QED) is 0.592. The minimum Gasteiger partial charge on any atom is -0.316 e. The Kier molecular flexibility index (Phi) is 6.20. The summed E-state index contributed by atoms with van der Waals surface area (Å²) in [5.74, 6) is 0. The van der Waals surface area contributed by atoms with E-state index in [2.05, 4.69) is 29.4 Å². The molecule has 0 fully saturated rings. The lowest BCUT2D eigenvalue weighted by molar-refractivity contribution is 0.638. The van der Waals surface area contributed by atoms with Crippen molar-refractivity contribution in [2.75, 3.05) is 13.1 Å². The second-order valence-electron chi connectivity index (χ2n) is 3.57. The summed E-state index contributed by atoms with van der Waals surface area (Å²) in [6.07, 6.45) is 2.51. The molecule has 0 aliphatic heterocycles. The number of nitrogens with zero attached hydrogens (tertiary/aromatic N) is 2. The van der Waals surface area contributed by atoms with E-state index in [1.165, 1.54) is 12.8 Å². The first-order chi connectivity index (χ1) is 7.22. The number of unbranched alkanes of at least 4 members (excludes halogenated alkanes) is 1. The molecule has 1 rings (SSSR count). The molecule has 5 heteroatoms. The maximum Gasteiger partial charge on any atom is 0.174 e. The second-order valence-corrected chi connectivity index (χ2v) is 6.44. The molecule has 0 aromatic carbocycles. The Bertz CT molecular complexity index is 275. The highest BCUT2D eigenvalue weighted by molar-refractivity contribution is 8.01. The zero-order chi connectivity index (χ0) is 11.1. The lowest BCUT2D eigenvalue weighted by atomic mass is 10.3. The Balaban J connectivity index is 2.15. The number of aryl methyl sites for hydroxylation is 1. The van der Waals surface area contributed by atoms with Gasteiger partial charge in [0, 0.05) is 11.8 Å². The summed E-state index contributed by atoms with van der Waals surface area (Å²) in [5.41, 5.74) is 0. The Morgan fingerprint density at radius 3 is 2.87 bits per heavy atom. The van der Waals surface area contributed by atoms with Gasteiger partial charge in [0.2, 0.25) is 0 Å². The number of thioether (sulfide) groups is 1. The van der Waals surface area contributed by atoms with Crippen molar-refractivity contribution in [2.45, 2.75) is 43.2 Å². The van der Waals surface area contributed by atoms with Crippen LogP contribution in [0.3, 0.4) is 0 Å². The zero-order valence-electron chi connectivity index (χ0n) is 9.62. The van der Waals surface area contributed by atoms with E-state index in [1.807, 2.05) is 6.92 Å². The molecule has 0 radical (unpaired) electrons. The van der Waals surface area contributed by atoms with E-state index in [9.17, 15) is 0 Å². The lowest BCUT2D eigenvalue weighted by Crippen LogP contribution is -2.23. The number of hydrogen-bond acceptors (Lipinski definition) is 5. The van der Waals surface area contributed by atoms with Gasteiger partial charge in [0.15, 0.2) is 4.34 Å². The standard InChI is InChI=1S/C10H19N3S2/c1-4-5-6-11-7-8(2)14-10-13-12-9(3)15-10/h8,11H,4-7H2,1-3H3. The number of hydrogen-bond donors (Lipinski definition) is 1. The van der Waals surface area contributed by atoms with E-state index in [1.54, 1.807) is 23.1 Å². The largest absolute Gasteiger partial charge is 0.316 e. The molecule has 1 aromatic heterocycles. The minimum atomic E-state index is 0.564. The van der Waals surface area contributed by atoms with Crippen LogP contribution in [-0.2, 0) is 0 Å². The maximum atomic E-state index is 4.10. The maximum absolute atomic E-state index is 4.10. The molecule has 1 aromatic rings. The van der Waals surface area contributed by atoms with Gasteiger partial charge in [-0.1, -0.05) is 43.4 Å². The molecule has 0 spiro atoms. The first-order valence-corrected chi connectivity index (χ1v) is 7.09. The number of aromatic nitrogens is 2. The first-order valence-electron chi connectivity index (χ1n) is 5.40. The summed E-state index contributed by atoms with van der Waals surface area (Å²) in [7, 11) is 0. The van der Waals surface area contributed by atoms with Gasteiger partial charge in [-0.15, -0.1) is 10.2 Å². The molecule has 0 saturated heterocycles. The van der Waals surface area contributed by atoms with Crippen LogP contribution < -0.4 is 5.32 Å². The highest BCUT2D eigenvalue weighted by Gasteiger charge is 2.07. The SMILES string of the molecule is CCCCNCC(C)Sc1nnc(C)s1. The van der Waals surface area contributed by atoms with Crippen LogP contribution in [0.25, 0.3) is 0 Å². The van der Waals surface area contributed by atoms with Crippen LogP contribution in [0.15, 0.2) is 4.34 Å². The third-order valence-corrected chi connectivity index (χ3v) is 3.97. The van der Waals surface area contributed by atoms with Crippen LogP contribution in [0.5, 0.6) is 0 Å². The van der Waals surface area contributed by atoms with Crippen molar-refractivity contribution in [3.05, 3.63) is 5.01 Å². The van der Waals surface area contributed by atoms with Crippen LogP contribution in [0.2, 0.25) is 0 Å². The Morgan fingerprint density at radius 1 is 1.47 bits per heavy atom. The van der Waals surface area contributed by atoms with Crippen molar-refractivity contribution < 1.29 is 0 Å². The Morgan fingerprint density at radius 2 is 2.27 bits per heavy atom. The van der Waals surface area contributed by atoms with Gasteiger partial charge < -0.3 is 5.32 Å². The molecule has 0 saturated carbocycles. The Labute approximate surface area is 100 Å². The van der Waals surface area contributed by atoms with Crippen molar-refractivity contribution in [3.63, 3.8) is 0 Å². The van der Waals surface area contributed by atoms with Crippen LogP contribution in [0.1, 0.15) is 31.7 Å². The van der Waals surface area contributed by atoms with E-state index in [0.717, 1.165) is 22.4 Å². The van der Waals surface area contributed by atoms with Crippen molar-refractivity contribution in [2.24, 2.45) is 0 Å². The second kappa shape index (κ2) is 7.19. The van der Waals surface area contributed by atoms with Crippen molar-refractivity contribution in [1.82, 2.24) is 15.5 Å². The van der Waals surface area contributed by atoms with Gasteiger partial charge in [0.05, 0.1) is 0 Å². The van der Waals surface area contributed by atoms with Crippen LogP contribution in [0.4, 0.5) is 0 Å². The van der Waals surface area contributed by atoms with Crippen LogP contribution in [-0.4, -0.2) is 28.5 Å². The summed E-state index contributed by atoms with van der Waals surface area (Å²) in [6.45, 7) is 8.59. The van der Waals surface area contributed by atoms with Crippen molar-refractivity contribution in [1.29, 1.82) is 0 Å². The van der Waals surface area contributed by atoms with E-state index < -0.39 is 0 Å². The third-order valence-electron chi connectivity index (χ3n) is 1.95. The molecule has 0 amide bonds. The fourth-order valence-corrected chi connectivity index (χ4v) is 3.24. The topological polar surface area (TPSA) is 37.8 Å². The molecule has 1 unspecified atom stereocenters. The smallest absolute Gasteiger partial charge is 0.174 e. The number of rotatable bonds is 7. The predicted octanol–water partition coefficient (Wildman–Crippen LogP) is 2.72. The zero-order valence-corrected chi connectivity index (χ0v) is 11.2.